The third-order valence-electron chi connectivity index (χ3n) is 1.55. The fraction of sp³-hybridized carbons (Fsp3) is 0.222. The summed E-state index contributed by atoms with van der Waals surface area (Å²) in [4.78, 5) is 3.76. The Labute approximate surface area is 76.6 Å². The fourth-order valence-electron chi connectivity index (χ4n) is 0.944. The molecule has 0 heterocycles. The maximum absolute atomic E-state index is 9.32. The van der Waals surface area contributed by atoms with E-state index < -0.39 is 0 Å². The highest BCUT2D eigenvalue weighted by atomic mass is 32.1. The Hall–Kier alpha value is -1.18. The zero-order valence-electron chi connectivity index (χ0n) is 6.53. The van der Waals surface area contributed by atoms with Crippen LogP contribution in [0.25, 0.3) is 0 Å². The van der Waals surface area contributed by atoms with Gasteiger partial charge < -0.3 is 5.11 Å². The molecule has 0 unspecified atom stereocenters. The number of hydrogen-bond acceptors (Lipinski definition) is 3. The maximum Gasteiger partial charge on any atom is 0.118 e. The predicted molar refractivity (Wildman–Crippen MR) is 51.7 cm³/mol. The highest BCUT2D eigenvalue weighted by molar-refractivity contribution is 7.78. The summed E-state index contributed by atoms with van der Waals surface area (Å²) in [7, 11) is 0. The van der Waals surface area contributed by atoms with E-state index in [2.05, 4.69) is 22.4 Å². The van der Waals surface area contributed by atoms with Crippen LogP contribution in [-0.2, 0) is 6.42 Å². The largest absolute Gasteiger partial charge is 0.508 e. The Morgan fingerprint density at radius 2 is 2.17 bits per heavy atom. The van der Waals surface area contributed by atoms with Crippen molar-refractivity contribution in [3.63, 3.8) is 0 Å². The molecule has 12 heavy (non-hydrogen) atoms. The average molecular weight is 179 g/mol. The Bertz CT molecular complexity index is 305. The molecular weight excluding hydrogens is 170 g/mol. The second kappa shape index (κ2) is 4.65. The van der Waals surface area contributed by atoms with E-state index in [1.807, 2.05) is 12.1 Å². The van der Waals surface area contributed by atoms with Crippen molar-refractivity contribution in [1.29, 1.82) is 0 Å². The Morgan fingerprint density at radius 1 is 1.42 bits per heavy atom. The quantitative estimate of drug-likeness (QED) is 0.569. The lowest BCUT2D eigenvalue weighted by Gasteiger charge is -1.99. The smallest absolute Gasteiger partial charge is 0.118 e. The van der Waals surface area contributed by atoms with Crippen molar-refractivity contribution >= 4 is 17.4 Å². The maximum atomic E-state index is 9.32. The van der Waals surface area contributed by atoms with Crippen molar-refractivity contribution in [3.05, 3.63) is 29.8 Å². The summed E-state index contributed by atoms with van der Waals surface area (Å²) < 4.78 is 0. The molecule has 1 aromatic carbocycles. The zero-order valence-corrected chi connectivity index (χ0v) is 7.34. The SMILES string of the molecule is Oc1ccccc1CCN=C=S. The fourth-order valence-corrected chi connectivity index (χ4v) is 1.04. The molecule has 0 spiro atoms. The predicted octanol–water partition coefficient (Wildman–Crippen LogP) is 2.04. The molecule has 0 radical (unpaired) electrons. The number of nitrogens with zero attached hydrogens (tertiary/aromatic N) is 1. The molecule has 0 saturated heterocycles. The van der Waals surface area contributed by atoms with Gasteiger partial charge in [-0.3, -0.25) is 0 Å². The lowest BCUT2D eigenvalue weighted by molar-refractivity contribution is 0.468. The first-order chi connectivity index (χ1) is 5.84. The number of phenolic OH excluding ortho intramolecular Hbond substituents is 1. The summed E-state index contributed by atoms with van der Waals surface area (Å²) in [6.45, 7) is 0.584. The van der Waals surface area contributed by atoms with Crippen LogP contribution >= 0.6 is 12.2 Å². The van der Waals surface area contributed by atoms with Gasteiger partial charge >= 0.3 is 0 Å². The van der Waals surface area contributed by atoms with Crippen LogP contribution in [-0.4, -0.2) is 16.8 Å². The molecule has 0 amide bonds. The van der Waals surface area contributed by atoms with Crippen LogP contribution in [0.3, 0.4) is 0 Å². The van der Waals surface area contributed by atoms with Crippen LogP contribution in [0.1, 0.15) is 5.56 Å². The van der Waals surface area contributed by atoms with Gasteiger partial charge in [-0.15, -0.1) is 0 Å². The van der Waals surface area contributed by atoms with E-state index in [0.717, 1.165) is 5.56 Å². The number of thiocarbonyl (C=S) groups is 1. The van der Waals surface area contributed by atoms with Crippen LogP contribution in [0, 0.1) is 0 Å². The Balaban J connectivity index is 2.62. The van der Waals surface area contributed by atoms with E-state index in [-0.39, 0.29) is 0 Å². The van der Waals surface area contributed by atoms with Crippen molar-refractivity contribution in [2.75, 3.05) is 6.54 Å². The molecule has 2 nitrogen and oxygen atoms in total. The molecule has 0 atom stereocenters. The number of phenols is 1. The van der Waals surface area contributed by atoms with Crippen molar-refractivity contribution in [2.24, 2.45) is 4.99 Å². The number of aromatic hydroxyl groups is 1. The molecule has 1 N–H and O–H groups in total. The van der Waals surface area contributed by atoms with E-state index >= 15 is 0 Å². The van der Waals surface area contributed by atoms with E-state index in [1.54, 1.807) is 12.1 Å². The number of rotatable bonds is 3. The summed E-state index contributed by atoms with van der Waals surface area (Å²) in [5, 5.41) is 11.6. The van der Waals surface area contributed by atoms with Gasteiger partial charge in [-0.25, -0.2) is 4.99 Å². The summed E-state index contributed by atoms with van der Waals surface area (Å²) >= 11 is 4.42. The van der Waals surface area contributed by atoms with Crippen molar-refractivity contribution in [1.82, 2.24) is 0 Å². The van der Waals surface area contributed by atoms with Crippen molar-refractivity contribution in [2.45, 2.75) is 6.42 Å². The van der Waals surface area contributed by atoms with Crippen LogP contribution in [0.4, 0.5) is 0 Å². The first-order valence-electron chi connectivity index (χ1n) is 3.65. The molecule has 0 aliphatic carbocycles. The number of aliphatic imine (C=N–C) groups is 1. The van der Waals surface area contributed by atoms with Crippen LogP contribution in [0.15, 0.2) is 29.3 Å². The van der Waals surface area contributed by atoms with E-state index in [9.17, 15) is 5.11 Å². The Kier molecular flexibility index (Phi) is 3.45. The summed E-state index contributed by atoms with van der Waals surface area (Å²) in [5.74, 6) is 0.317. The van der Waals surface area contributed by atoms with Gasteiger partial charge in [-0.05, 0) is 30.3 Å². The molecule has 3 heteroatoms. The van der Waals surface area contributed by atoms with Crippen LogP contribution in [0.2, 0.25) is 0 Å². The van der Waals surface area contributed by atoms with E-state index in [4.69, 9.17) is 0 Å². The van der Waals surface area contributed by atoms with Gasteiger partial charge in [0.05, 0.1) is 11.7 Å². The molecule has 0 saturated carbocycles. The standard InChI is InChI=1S/C9H9NOS/c11-9-4-2-1-3-8(9)5-6-10-7-12/h1-4,11H,5-6H2. The minimum Gasteiger partial charge on any atom is -0.508 e. The van der Waals surface area contributed by atoms with Gasteiger partial charge in [0, 0.05) is 0 Å². The topological polar surface area (TPSA) is 32.6 Å². The number of benzene rings is 1. The highest BCUT2D eigenvalue weighted by Crippen LogP contribution is 2.15. The molecule has 1 rings (SSSR count). The number of isothiocyanates is 1. The van der Waals surface area contributed by atoms with Gasteiger partial charge in [0.25, 0.3) is 0 Å². The van der Waals surface area contributed by atoms with Crippen molar-refractivity contribution < 1.29 is 5.11 Å². The van der Waals surface area contributed by atoms with E-state index in [0.29, 0.717) is 18.7 Å². The van der Waals surface area contributed by atoms with Gasteiger partial charge in [0.15, 0.2) is 0 Å². The average Bonchev–Trinajstić information content (AvgIpc) is 2.09. The van der Waals surface area contributed by atoms with Gasteiger partial charge in [0.1, 0.15) is 5.75 Å². The third kappa shape index (κ3) is 2.46. The van der Waals surface area contributed by atoms with Crippen molar-refractivity contribution in [3.8, 4) is 5.75 Å². The first-order valence-corrected chi connectivity index (χ1v) is 4.06. The second-order valence-electron chi connectivity index (χ2n) is 2.35. The molecule has 62 valence electrons. The van der Waals surface area contributed by atoms with Crippen LogP contribution < -0.4 is 0 Å². The molecule has 0 fully saturated rings. The van der Waals surface area contributed by atoms with Gasteiger partial charge in [-0.1, -0.05) is 18.2 Å². The molecule has 0 aromatic heterocycles. The third-order valence-corrected chi connectivity index (χ3v) is 1.68. The number of hydrogen-bond donors (Lipinski definition) is 1. The second-order valence-corrected chi connectivity index (χ2v) is 2.53. The first kappa shape index (κ1) is 8.91. The number of para-hydroxylation sites is 1. The normalized spacial score (nSPS) is 9.00. The van der Waals surface area contributed by atoms with Gasteiger partial charge in [-0.2, -0.15) is 0 Å². The molecule has 0 aliphatic rings. The Morgan fingerprint density at radius 3 is 2.83 bits per heavy atom. The lowest BCUT2D eigenvalue weighted by atomic mass is 10.1. The molecular formula is C9H9NOS. The minimum absolute atomic E-state index is 0.317. The zero-order chi connectivity index (χ0) is 8.81. The van der Waals surface area contributed by atoms with Crippen LogP contribution in [0.5, 0.6) is 5.75 Å². The monoisotopic (exact) mass is 179 g/mol. The molecule has 0 aliphatic heterocycles. The summed E-state index contributed by atoms with van der Waals surface area (Å²) in [6, 6.07) is 7.21. The molecule has 0 bridgehead atoms. The summed E-state index contributed by atoms with van der Waals surface area (Å²) in [6.07, 6.45) is 0.705. The highest BCUT2D eigenvalue weighted by Gasteiger charge is 1.96. The van der Waals surface area contributed by atoms with Gasteiger partial charge in [0.2, 0.25) is 0 Å². The lowest BCUT2D eigenvalue weighted by Crippen LogP contribution is -1.88. The summed E-state index contributed by atoms with van der Waals surface area (Å²) in [5.41, 5.74) is 0.895. The van der Waals surface area contributed by atoms with E-state index in [1.165, 1.54) is 0 Å². The molecule has 1 aromatic rings. The minimum atomic E-state index is 0.317.